The van der Waals surface area contributed by atoms with Gasteiger partial charge in [-0.1, -0.05) is 133 Å². The molecule has 5 heteroatoms. The highest BCUT2D eigenvalue weighted by molar-refractivity contribution is 6.17. The Morgan fingerprint density at radius 1 is 0.462 bits per heavy atom. The van der Waals surface area contributed by atoms with Gasteiger partial charge in [-0.15, -0.1) is 0 Å². The first-order chi connectivity index (χ1) is 25.7. The Kier molecular flexibility index (Phi) is 6.25. The number of hydrogen-bond donors (Lipinski definition) is 1. The Hall–Kier alpha value is -6.98. The average molecular weight is 668 g/mol. The van der Waals surface area contributed by atoms with Crippen LogP contribution in [0.4, 0.5) is 0 Å². The van der Waals surface area contributed by atoms with E-state index in [0.29, 0.717) is 5.84 Å². The summed E-state index contributed by atoms with van der Waals surface area (Å²) in [6.45, 7) is 0. The van der Waals surface area contributed by atoms with E-state index in [1.165, 1.54) is 21.5 Å². The maximum atomic E-state index is 6.59. The van der Waals surface area contributed by atoms with E-state index in [2.05, 4.69) is 127 Å². The molecule has 0 fully saturated rings. The zero-order valence-electron chi connectivity index (χ0n) is 27.9. The molecule has 1 unspecified atom stereocenters. The predicted molar refractivity (Wildman–Crippen MR) is 213 cm³/mol. The Morgan fingerprint density at radius 2 is 1.15 bits per heavy atom. The lowest BCUT2D eigenvalue weighted by atomic mass is 9.95. The molecule has 5 nitrogen and oxygen atoms in total. The van der Waals surface area contributed by atoms with Gasteiger partial charge in [0, 0.05) is 43.8 Å². The molecular formula is C47H29N3O2. The molecular weight excluding hydrogens is 639 g/mol. The Labute approximate surface area is 298 Å². The lowest BCUT2D eigenvalue weighted by molar-refractivity contribution is 0.662. The van der Waals surface area contributed by atoms with Gasteiger partial charge < -0.3 is 14.2 Å². The lowest BCUT2D eigenvalue weighted by Gasteiger charge is -2.25. The quantitative estimate of drug-likeness (QED) is 0.190. The molecule has 0 bridgehead atoms. The van der Waals surface area contributed by atoms with Gasteiger partial charge >= 0.3 is 0 Å². The highest BCUT2D eigenvalue weighted by atomic mass is 16.3. The maximum absolute atomic E-state index is 6.59. The summed E-state index contributed by atoms with van der Waals surface area (Å²) < 4.78 is 13.1. The summed E-state index contributed by atoms with van der Waals surface area (Å²) in [5, 5.41) is 12.8. The molecule has 0 spiro atoms. The second-order valence-electron chi connectivity index (χ2n) is 13.4. The second kappa shape index (κ2) is 11.3. The number of nitrogens with zero attached hydrogens (tertiary/aromatic N) is 2. The summed E-state index contributed by atoms with van der Waals surface area (Å²) in [5.41, 5.74) is 8.27. The molecule has 1 atom stereocenters. The molecule has 3 heterocycles. The van der Waals surface area contributed by atoms with Crippen LogP contribution in [-0.4, -0.2) is 11.7 Å². The molecule has 0 radical (unpaired) electrons. The molecule has 0 amide bonds. The standard InChI is InChI=1S/C47H29N3O2/c1-2-12-30(13-3-1)45-48-46(31-24-23-29-22-21-28-11-4-5-14-33(28)38(29)25-31)50-47(49-45)39-26-32(27-42-43(39)37-16-7-9-20-41(37)51-42)34-17-10-18-36-35-15-6-8-19-40(35)52-44(34)36/h1-27,47H,(H,48,49,50). The third kappa shape index (κ3) is 4.49. The van der Waals surface area contributed by atoms with Crippen molar-refractivity contribution in [3.05, 3.63) is 180 Å². The molecule has 1 N–H and O–H groups in total. The fourth-order valence-corrected chi connectivity index (χ4v) is 7.85. The van der Waals surface area contributed by atoms with E-state index in [1.54, 1.807) is 0 Å². The molecule has 11 rings (SSSR count). The largest absolute Gasteiger partial charge is 0.456 e. The third-order valence-electron chi connectivity index (χ3n) is 10.3. The van der Waals surface area contributed by atoms with Gasteiger partial charge in [-0.05, 0) is 57.4 Å². The van der Waals surface area contributed by atoms with E-state index in [1.807, 2.05) is 42.5 Å². The molecule has 1 aliphatic rings. The van der Waals surface area contributed by atoms with Crippen molar-refractivity contribution in [2.45, 2.75) is 6.17 Å². The molecule has 0 saturated heterocycles. The van der Waals surface area contributed by atoms with Gasteiger partial charge in [-0.2, -0.15) is 0 Å². The third-order valence-corrected chi connectivity index (χ3v) is 10.3. The van der Waals surface area contributed by atoms with E-state index < -0.39 is 6.17 Å². The Bertz CT molecular complexity index is 3110. The van der Waals surface area contributed by atoms with Crippen LogP contribution in [0.1, 0.15) is 22.9 Å². The van der Waals surface area contributed by atoms with Crippen LogP contribution in [0.3, 0.4) is 0 Å². The summed E-state index contributed by atoms with van der Waals surface area (Å²) in [6, 6.07) is 56.8. The van der Waals surface area contributed by atoms with Crippen molar-refractivity contribution in [3.63, 3.8) is 0 Å². The van der Waals surface area contributed by atoms with E-state index in [4.69, 9.17) is 18.8 Å². The van der Waals surface area contributed by atoms with Crippen LogP contribution in [0.25, 0.3) is 76.5 Å². The van der Waals surface area contributed by atoms with Crippen molar-refractivity contribution >= 4 is 77.1 Å². The number of nitrogens with one attached hydrogen (secondary N) is 1. The van der Waals surface area contributed by atoms with Crippen LogP contribution in [0.2, 0.25) is 0 Å². The smallest absolute Gasteiger partial charge is 0.159 e. The van der Waals surface area contributed by atoms with Crippen LogP contribution in [-0.2, 0) is 0 Å². The van der Waals surface area contributed by atoms with Crippen molar-refractivity contribution in [2.24, 2.45) is 9.98 Å². The molecule has 1 aliphatic heterocycles. The van der Waals surface area contributed by atoms with Crippen molar-refractivity contribution in [3.8, 4) is 11.1 Å². The number of rotatable bonds is 4. The van der Waals surface area contributed by atoms with Gasteiger partial charge in [-0.25, -0.2) is 9.98 Å². The average Bonchev–Trinajstić information content (AvgIpc) is 3.79. The molecule has 10 aromatic rings. The number of aliphatic imine (C=N–C) groups is 2. The minimum Gasteiger partial charge on any atom is -0.456 e. The maximum Gasteiger partial charge on any atom is 0.159 e. The summed E-state index contributed by atoms with van der Waals surface area (Å²) in [5.74, 6) is 1.43. The van der Waals surface area contributed by atoms with Crippen molar-refractivity contribution in [2.75, 3.05) is 0 Å². The lowest BCUT2D eigenvalue weighted by Crippen LogP contribution is -2.33. The van der Waals surface area contributed by atoms with E-state index in [9.17, 15) is 0 Å². The summed E-state index contributed by atoms with van der Waals surface area (Å²) in [7, 11) is 0. The van der Waals surface area contributed by atoms with Crippen molar-refractivity contribution < 1.29 is 8.83 Å². The zero-order chi connectivity index (χ0) is 34.2. The normalized spacial score (nSPS) is 14.7. The predicted octanol–water partition coefficient (Wildman–Crippen LogP) is 12.0. The van der Waals surface area contributed by atoms with Gasteiger partial charge in [-0.3, -0.25) is 0 Å². The first-order valence-corrected chi connectivity index (χ1v) is 17.5. The van der Waals surface area contributed by atoms with E-state index in [0.717, 1.165) is 77.5 Å². The Morgan fingerprint density at radius 3 is 2.02 bits per heavy atom. The van der Waals surface area contributed by atoms with Gasteiger partial charge in [0.1, 0.15) is 34.3 Å². The van der Waals surface area contributed by atoms with E-state index >= 15 is 0 Å². The second-order valence-corrected chi connectivity index (χ2v) is 13.4. The summed E-state index contributed by atoms with van der Waals surface area (Å²) in [6.07, 6.45) is -0.468. The first kappa shape index (κ1) is 28.8. The van der Waals surface area contributed by atoms with Crippen LogP contribution >= 0.6 is 0 Å². The molecule has 0 aliphatic carbocycles. The van der Waals surface area contributed by atoms with Crippen LogP contribution in [0, 0.1) is 0 Å². The minimum absolute atomic E-state index is 0.468. The van der Waals surface area contributed by atoms with Gasteiger partial charge in [0.15, 0.2) is 5.84 Å². The number of para-hydroxylation sites is 3. The number of furan rings is 2. The monoisotopic (exact) mass is 667 g/mol. The van der Waals surface area contributed by atoms with Crippen molar-refractivity contribution in [1.29, 1.82) is 0 Å². The summed E-state index contributed by atoms with van der Waals surface area (Å²) >= 11 is 0. The number of benzene rings is 8. The number of hydrogen-bond acceptors (Lipinski definition) is 5. The van der Waals surface area contributed by atoms with Gasteiger partial charge in [0.05, 0.1) is 0 Å². The number of amidine groups is 2. The molecule has 2 aromatic heterocycles. The minimum atomic E-state index is -0.468. The SMILES string of the molecule is c1ccc(C2=NC(c3cc(-c4cccc5c4oc4ccccc45)cc4oc5ccccc5c34)NC(c3ccc4ccc5ccccc5c4c3)=N2)cc1. The Balaban J connectivity index is 1.14. The fourth-order valence-electron chi connectivity index (χ4n) is 7.85. The first-order valence-electron chi connectivity index (χ1n) is 17.5. The van der Waals surface area contributed by atoms with Gasteiger partial charge in [0.2, 0.25) is 0 Å². The van der Waals surface area contributed by atoms with Gasteiger partial charge in [0.25, 0.3) is 0 Å². The van der Waals surface area contributed by atoms with Crippen LogP contribution in [0.15, 0.2) is 183 Å². The highest BCUT2D eigenvalue weighted by Gasteiger charge is 2.26. The fraction of sp³-hybridized carbons (Fsp3) is 0.0213. The van der Waals surface area contributed by atoms with Crippen LogP contribution < -0.4 is 5.32 Å². The topological polar surface area (TPSA) is 63.0 Å². The highest BCUT2D eigenvalue weighted by Crippen LogP contribution is 2.42. The number of fused-ring (bicyclic) bond motifs is 9. The molecule has 8 aromatic carbocycles. The van der Waals surface area contributed by atoms with Crippen LogP contribution in [0.5, 0.6) is 0 Å². The van der Waals surface area contributed by atoms with Crippen molar-refractivity contribution in [1.82, 2.24) is 5.32 Å². The summed E-state index contributed by atoms with van der Waals surface area (Å²) in [4.78, 5) is 10.5. The molecule has 52 heavy (non-hydrogen) atoms. The molecule has 244 valence electrons. The van der Waals surface area contributed by atoms with E-state index in [-0.39, 0.29) is 0 Å². The zero-order valence-corrected chi connectivity index (χ0v) is 27.9. The molecule has 0 saturated carbocycles.